The van der Waals surface area contributed by atoms with Gasteiger partial charge in [0, 0.05) is 11.1 Å². The molecule has 25 heavy (non-hydrogen) atoms. The van der Waals surface area contributed by atoms with Gasteiger partial charge >= 0.3 is 0 Å². The maximum absolute atomic E-state index is 6.37. The Morgan fingerprint density at radius 3 is 2.40 bits per heavy atom. The number of rotatable bonds is 1. The van der Waals surface area contributed by atoms with Crippen molar-refractivity contribution in [2.75, 3.05) is 0 Å². The lowest BCUT2D eigenvalue weighted by molar-refractivity contribution is 0.173. The highest BCUT2D eigenvalue weighted by molar-refractivity contribution is 6.33. The summed E-state index contributed by atoms with van der Waals surface area (Å²) in [6.45, 7) is 0. The first-order valence-corrected chi connectivity index (χ1v) is 8.23. The minimum Gasteiger partial charge on any atom is -0.465 e. The van der Waals surface area contributed by atoms with Crippen LogP contribution in [-0.4, -0.2) is 20.3 Å². The van der Waals surface area contributed by atoms with Gasteiger partial charge in [-0.1, -0.05) is 59.5 Å². The monoisotopic (exact) mass is 317 g/mol. The number of ether oxygens (including phenoxy) is 1. The standard InChI is InChI=1S/C21H13B2NO/c22-15-7-9-18-14(10-15)11-19-17-8-6-16(23)12-20(17)25-21(24(18)19)13-4-2-1-3-5-13/h1-12,21H/t21-/m0/s1. The highest BCUT2D eigenvalue weighted by atomic mass is 16.5. The molecule has 1 aliphatic heterocycles. The van der Waals surface area contributed by atoms with E-state index in [0.717, 1.165) is 38.9 Å². The molecule has 0 fully saturated rings. The molecular formula is C21H13B2NO. The zero-order valence-electron chi connectivity index (χ0n) is 13.5. The first kappa shape index (κ1) is 14.5. The SMILES string of the molecule is [B]c1ccc2c(c1)O[C@@H](c1ccccc1)n1c-2cc2cc([B])ccc21. The van der Waals surface area contributed by atoms with Gasteiger partial charge in [-0.25, -0.2) is 0 Å². The van der Waals surface area contributed by atoms with Crippen molar-refractivity contribution in [2.24, 2.45) is 0 Å². The van der Waals surface area contributed by atoms with Gasteiger partial charge in [-0.15, -0.1) is 0 Å². The molecule has 114 valence electrons. The third-order valence-electron chi connectivity index (χ3n) is 4.70. The number of nitrogens with zero attached hydrogens (tertiary/aromatic N) is 1. The average Bonchev–Trinajstić information content (AvgIpc) is 3.00. The maximum atomic E-state index is 6.37. The Balaban J connectivity index is 1.84. The van der Waals surface area contributed by atoms with Crippen molar-refractivity contribution in [3.63, 3.8) is 0 Å². The summed E-state index contributed by atoms with van der Waals surface area (Å²) >= 11 is 0. The van der Waals surface area contributed by atoms with Gasteiger partial charge in [-0.2, -0.15) is 0 Å². The Morgan fingerprint density at radius 1 is 0.800 bits per heavy atom. The topological polar surface area (TPSA) is 14.2 Å². The zero-order valence-corrected chi connectivity index (χ0v) is 13.5. The smallest absolute Gasteiger partial charge is 0.203 e. The van der Waals surface area contributed by atoms with E-state index in [1.54, 1.807) is 0 Å². The fourth-order valence-corrected chi connectivity index (χ4v) is 3.57. The predicted octanol–water partition coefficient (Wildman–Crippen LogP) is 2.84. The lowest BCUT2D eigenvalue weighted by atomic mass is 9.93. The van der Waals surface area contributed by atoms with E-state index in [2.05, 4.69) is 28.8 Å². The Bertz CT molecular complexity index is 1100. The Morgan fingerprint density at radius 2 is 1.56 bits per heavy atom. The third kappa shape index (κ3) is 2.21. The first-order valence-electron chi connectivity index (χ1n) is 8.23. The van der Waals surface area contributed by atoms with Crippen molar-refractivity contribution >= 4 is 37.5 Å². The second-order valence-corrected chi connectivity index (χ2v) is 6.35. The van der Waals surface area contributed by atoms with E-state index in [9.17, 15) is 0 Å². The summed E-state index contributed by atoms with van der Waals surface area (Å²) in [5.41, 5.74) is 5.78. The van der Waals surface area contributed by atoms with Crippen LogP contribution in [0.3, 0.4) is 0 Å². The maximum Gasteiger partial charge on any atom is 0.203 e. The molecular weight excluding hydrogens is 304 g/mol. The number of fused-ring (bicyclic) bond motifs is 5. The molecule has 5 rings (SSSR count). The minimum absolute atomic E-state index is 0.244. The van der Waals surface area contributed by atoms with Crippen LogP contribution in [0.25, 0.3) is 22.2 Å². The van der Waals surface area contributed by atoms with E-state index in [0.29, 0.717) is 5.46 Å². The number of benzene rings is 3. The average molecular weight is 317 g/mol. The van der Waals surface area contributed by atoms with E-state index < -0.39 is 0 Å². The van der Waals surface area contributed by atoms with Crippen molar-refractivity contribution in [2.45, 2.75) is 6.23 Å². The Labute approximate surface area is 148 Å². The zero-order chi connectivity index (χ0) is 17.0. The van der Waals surface area contributed by atoms with Crippen LogP contribution in [0.1, 0.15) is 11.8 Å². The fraction of sp³-hybridized carbons (Fsp3) is 0.0476. The predicted molar refractivity (Wildman–Crippen MR) is 103 cm³/mol. The summed E-state index contributed by atoms with van der Waals surface area (Å²) in [5, 5.41) is 1.10. The van der Waals surface area contributed by atoms with Gasteiger partial charge in [-0.3, -0.25) is 0 Å². The van der Waals surface area contributed by atoms with Crippen molar-refractivity contribution < 1.29 is 4.74 Å². The number of aromatic nitrogens is 1. The van der Waals surface area contributed by atoms with Gasteiger partial charge in [0.15, 0.2) is 0 Å². The molecule has 2 nitrogen and oxygen atoms in total. The summed E-state index contributed by atoms with van der Waals surface area (Å²) in [6.07, 6.45) is -0.244. The van der Waals surface area contributed by atoms with Crippen molar-refractivity contribution in [1.82, 2.24) is 4.57 Å². The molecule has 0 spiro atoms. The van der Waals surface area contributed by atoms with Crippen LogP contribution in [0.5, 0.6) is 5.75 Å². The fourth-order valence-electron chi connectivity index (χ4n) is 3.57. The molecule has 0 N–H and O–H groups in total. The molecule has 4 aromatic rings. The van der Waals surface area contributed by atoms with Crippen LogP contribution >= 0.6 is 0 Å². The molecule has 1 aliphatic rings. The largest absolute Gasteiger partial charge is 0.465 e. The second kappa shape index (κ2) is 5.32. The molecule has 1 aromatic heterocycles. The molecule has 4 heteroatoms. The van der Waals surface area contributed by atoms with Crippen LogP contribution in [0.2, 0.25) is 0 Å². The van der Waals surface area contributed by atoms with Crippen LogP contribution in [-0.2, 0) is 0 Å². The summed E-state index contributed by atoms with van der Waals surface area (Å²) < 4.78 is 8.60. The number of hydrogen-bond donors (Lipinski definition) is 0. The van der Waals surface area contributed by atoms with Crippen molar-refractivity contribution in [1.29, 1.82) is 0 Å². The molecule has 2 heterocycles. The highest BCUT2D eigenvalue weighted by Gasteiger charge is 2.28. The molecule has 0 amide bonds. The second-order valence-electron chi connectivity index (χ2n) is 6.35. The molecule has 0 aliphatic carbocycles. The van der Waals surface area contributed by atoms with Gasteiger partial charge < -0.3 is 9.30 Å². The number of hydrogen-bond acceptors (Lipinski definition) is 1. The Kier molecular flexibility index (Phi) is 3.08. The molecule has 0 unspecified atom stereocenters. The summed E-state index contributed by atoms with van der Waals surface area (Å²) in [5.74, 6) is 0.803. The molecule has 3 aromatic carbocycles. The van der Waals surface area contributed by atoms with Gasteiger partial charge in [0.05, 0.1) is 11.2 Å². The van der Waals surface area contributed by atoms with Crippen molar-refractivity contribution in [3.8, 4) is 17.0 Å². The van der Waals surface area contributed by atoms with Crippen LogP contribution < -0.4 is 15.7 Å². The molecule has 0 saturated heterocycles. The van der Waals surface area contributed by atoms with E-state index in [-0.39, 0.29) is 6.23 Å². The summed E-state index contributed by atoms with van der Waals surface area (Å²) in [7, 11) is 12.0. The minimum atomic E-state index is -0.244. The van der Waals surface area contributed by atoms with Gasteiger partial charge in [-0.05, 0) is 29.7 Å². The third-order valence-corrected chi connectivity index (χ3v) is 4.70. The van der Waals surface area contributed by atoms with Gasteiger partial charge in [0.25, 0.3) is 0 Å². The normalized spacial score (nSPS) is 15.4. The quantitative estimate of drug-likeness (QED) is 0.493. The van der Waals surface area contributed by atoms with Crippen LogP contribution in [0.4, 0.5) is 0 Å². The van der Waals surface area contributed by atoms with E-state index in [4.69, 9.17) is 20.4 Å². The first-order chi connectivity index (χ1) is 12.2. The summed E-state index contributed by atoms with van der Waals surface area (Å²) in [6, 6.07) is 24.2. The summed E-state index contributed by atoms with van der Waals surface area (Å²) in [4.78, 5) is 0. The lowest BCUT2D eigenvalue weighted by Crippen LogP contribution is -2.23. The van der Waals surface area contributed by atoms with Crippen LogP contribution in [0, 0.1) is 0 Å². The van der Waals surface area contributed by atoms with E-state index in [1.165, 1.54) is 0 Å². The molecule has 0 bridgehead atoms. The Hall–Kier alpha value is -2.87. The van der Waals surface area contributed by atoms with E-state index >= 15 is 0 Å². The highest BCUT2D eigenvalue weighted by Crippen LogP contribution is 2.43. The molecule has 0 saturated carbocycles. The molecule has 4 radical (unpaired) electrons. The van der Waals surface area contributed by atoms with Gasteiger partial charge in [0.1, 0.15) is 21.4 Å². The van der Waals surface area contributed by atoms with E-state index in [1.807, 2.05) is 48.5 Å². The van der Waals surface area contributed by atoms with Gasteiger partial charge in [0.2, 0.25) is 6.23 Å². The van der Waals surface area contributed by atoms with Crippen LogP contribution in [0.15, 0.2) is 72.8 Å². The van der Waals surface area contributed by atoms with Crippen molar-refractivity contribution in [3.05, 3.63) is 78.4 Å². The lowest BCUT2D eigenvalue weighted by Gasteiger charge is -2.30. The molecule has 1 atom stereocenters.